The molecule has 0 amide bonds. The van der Waals surface area contributed by atoms with Crippen LogP contribution in [0.3, 0.4) is 0 Å². The van der Waals surface area contributed by atoms with E-state index in [9.17, 15) is 0 Å². The lowest BCUT2D eigenvalue weighted by atomic mass is 9.96. The van der Waals surface area contributed by atoms with Crippen LogP contribution >= 0.6 is 0 Å². The summed E-state index contributed by atoms with van der Waals surface area (Å²) in [6.07, 6.45) is 4.01. The first-order valence-corrected chi connectivity index (χ1v) is 4.97. The molecule has 0 atom stereocenters. The Hall–Kier alpha value is -1.49. The highest BCUT2D eigenvalue weighted by molar-refractivity contribution is 5.41. The number of benzene rings is 1. The number of aryl methyl sites for hydroxylation is 1. The molecule has 1 aromatic rings. The van der Waals surface area contributed by atoms with E-state index in [0.29, 0.717) is 11.7 Å². The van der Waals surface area contributed by atoms with Crippen molar-refractivity contribution in [1.82, 2.24) is 0 Å². The van der Waals surface area contributed by atoms with E-state index in [4.69, 9.17) is 10.00 Å². The lowest BCUT2D eigenvalue weighted by Crippen LogP contribution is -2.24. The Labute approximate surface area is 84.1 Å². The van der Waals surface area contributed by atoms with Crippen LogP contribution in [0.15, 0.2) is 18.2 Å². The molecule has 1 aromatic carbocycles. The zero-order chi connectivity index (χ0) is 9.97. The summed E-state index contributed by atoms with van der Waals surface area (Å²) in [4.78, 5) is 0. The second-order valence-corrected chi connectivity index (χ2v) is 3.76. The Morgan fingerprint density at radius 2 is 2.21 bits per heavy atom. The molecule has 0 unspecified atom stereocenters. The van der Waals surface area contributed by atoms with Crippen LogP contribution in [0.1, 0.15) is 30.4 Å². The van der Waals surface area contributed by atoms with E-state index in [-0.39, 0.29) is 0 Å². The van der Waals surface area contributed by atoms with E-state index in [0.717, 1.165) is 11.3 Å². The number of nitrogens with zero attached hydrogens (tertiary/aromatic N) is 1. The minimum atomic E-state index is 0.404. The first-order chi connectivity index (χ1) is 6.79. The molecule has 2 rings (SSSR count). The molecule has 2 nitrogen and oxygen atoms in total. The molecule has 0 spiro atoms. The van der Waals surface area contributed by atoms with Gasteiger partial charge in [0, 0.05) is 0 Å². The molecule has 0 aromatic heterocycles. The lowest BCUT2D eigenvalue weighted by Gasteiger charge is -2.27. The molecule has 14 heavy (non-hydrogen) atoms. The summed E-state index contributed by atoms with van der Waals surface area (Å²) in [7, 11) is 0. The molecule has 0 heterocycles. The van der Waals surface area contributed by atoms with Crippen molar-refractivity contribution in [2.75, 3.05) is 0 Å². The molecule has 0 bridgehead atoms. The van der Waals surface area contributed by atoms with Gasteiger partial charge in [-0.3, -0.25) is 0 Å². The fraction of sp³-hybridized carbons (Fsp3) is 0.417. The SMILES string of the molecule is Cc1cc(C#N)ccc1OC1CCC1. The second kappa shape index (κ2) is 3.71. The molecular formula is C12H13NO. The normalized spacial score (nSPS) is 15.7. The van der Waals surface area contributed by atoms with Crippen molar-refractivity contribution < 1.29 is 4.74 Å². The largest absolute Gasteiger partial charge is 0.490 e. The monoisotopic (exact) mass is 187 g/mol. The van der Waals surface area contributed by atoms with E-state index in [2.05, 4.69) is 6.07 Å². The number of hydrogen-bond acceptors (Lipinski definition) is 2. The van der Waals surface area contributed by atoms with Crippen LogP contribution in [-0.2, 0) is 0 Å². The van der Waals surface area contributed by atoms with Crippen molar-refractivity contribution in [2.45, 2.75) is 32.3 Å². The molecular weight excluding hydrogens is 174 g/mol. The van der Waals surface area contributed by atoms with Crippen molar-refractivity contribution in [3.05, 3.63) is 29.3 Å². The van der Waals surface area contributed by atoms with Crippen molar-refractivity contribution in [3.8, 4) is 11.8 Å². The molecule has 2 heteroatoms. The van der Waals surface area contributed by atoms with Gasteiger partial charge in [-0.2, -0.15) is 5.26 Å². The third-order valence-electron chi connectivity index (χ3n) is 2.65. The maximum absolute atomic E-state index is 8.70. The van der Waals surface area contributed by atoms with E-state index >= 15 is 0 Å². The molecule has 0 radical (unpaired) electrons. The number of ether oxygens (including phenoxy) is 1. The van der Waals surface area contributed by atoms with Gasteiger partial charge in [0.25, 0.3) is 0 Å². The van der Waals surface area contributed by atoms with Gasteiger partial charge in [0.1, 0.15) is 5.75 Å². The van der Waals surface area contributed by atoms with Gasteiger partial charge in [-0.25, -0.2) is 0 Å². The minimum absolute atomic E-state index is 0.404. The van der Waals surface area contributed by atoms with Crippen LogP contribution in [0.25, 0.3) is 0 Å². The van der Waals surface area contributed by atoms with Crippen LogP contribution in [-0.4, -0.2) is 6.10 Å². The average molecular weight is 187 g/mol. The Balaban J connectivity index is 2.14. The standard InChI is InChI=1S/C12H13NO/c1-9-7-10(8-13)5-6-12(9)14-11-3-2-4-11/h5-7,11H,2-4H2,1H3. The van der Waals surface area contributed by atoms with Crippen LogP contribution in [0.4, 0.5) is 0 Å². The number of nitriles is 1. The molecule has 0 aliphatic heterocycles. The van der Waals surface area contributed by atoms with Gasteiger partial charge in [-0.15, -0.1) is 0 Å². The zero-order valence-electron chi connectivity index (χ0n) is 8.29. The summed E-state index contributed by atoms with van der Waals surface area (Å²) in [6.45, 7) is 1.98. The molecule has 1 fully saturated rings. The minimum Gasteiger partial charge on any atom is -0.490 e. The second-order valence-electron chi connectivity index (χ2n) is 3.76. The van der Waals surface area contributed by atoms with Crippen molar-refractivity contribution in [2.24, 2.45) is 0 Å². The van der Waals surface area contributed by atoms with Gasteiger partial charge < -0.3 is 4.74 Å². The van der Waals surface area contributed by atoms with Crippen LogP contribution in [0.5, 0.6) is 5.75 Å². The maximum atomic E-state index is 8.70. The molecule has 72 valence electrons. The van der Waals surface area contributed by atoms with E-state index in [1.165, 1.54) is 19.3 Å². The highest BCUT2D eigenvalue weighted by Crippen LogP contribution is 2.27. The molecule has 0 N–H and O–H groups in total. The maximum Gasteiger partial charge on any atom is 0.122 e. The summed E-state index contributed by atoms with van der Waals surface area (Å²) < 4.78 is 5.77. The Morgan fingerprint density at radius 3 is 2.71 bits per heavy atom. The van der Waals surface area contributed by atoms with Gasteiger partial charge in [-0.1, -0.05) is 0 Å². The van der Waals surface area contributed by atoms with E-state index < -0.39 is 0 Å². The average Bonchev–Trinajstić information content (AvgIpc) is 2.13. The van der Waals surface area contributed by atoms with Crippen LogP contribution in [0, 0.1) is 18.3 Å². The summed E-state index contributed by atoms with van der Waals surface area (Å²) >= 11 is 0. The fourth-order valence-electron chi connectivity index (χ4n) is 1.52. The summed E-state index contributed by atoms with van der Waals surface area (Å²) in [5, 5.41) is 8.70. The van der Waals surface area contributed by atoms with Gasteiger partial charge >= 0.3 is 0 Å². The molecule has 0 saturated heterocycles. The van der Waals surface area contributed by atoms with Crippen LogP contribution < -0.4 is 4.74 Å². The Bertz CT molecular complexity index is 374. The predicted molar refractivity (Wildman–Crippen MR) is 54.2 cm³/mol. The van der Waals surface area contributed by atoms with E-state index in [1.807, 2.05) is 19.1 Å². The van der Waals surface area contributed by atoms with Crippen molar-refractivity contribution in [3.63, 3.8) is 0 Å². The van der Waals surface area contributed by atoms with Gasteiger partial charge in [0.2, 0.25) is 0 Å². The fourth-order valence-corrected chi connectivity index (χ4v) is 1.52. The van der Waals surface area contributed by atoms with Gasteiger partial charge in [0.05, 0.1) is 17.7 Å². The topological polar surface area (TPSA) is 33.0 Å². The number of hydrogen-bond donors (Lipinski definition) is 0. The van der Waals surface area contributed by atoms with E-state index in [1.54, 1.807) is 6.07 Å². The quantitative estimate of drug-likeness (QED) is 0.713. The van der Waals surface area contributed by atoms with Crippen molar-refractivity contribution in [1.29, 1.82) is 5.26 Å². The summed E-state index contributed by atoms with van der Waals surface area (Å²) in [5.41, 5.74) is 1.75. The first kappa shape index (κ1) is 9.08. The molecule has 1 aliphatic rings. The molecule has 1 saturated carbocycles. The van der Waals surface area contributed by atoms with Crippen molar-refractivity contribution >= 4 is 0 Å². The highest BCUT2D eigenvalue weighted by Gasteiger charge is 2.19. The third kappa shape index (κ3) is 1.72. The first-order valence-electron chi connectivity index (χ1n) is 4.97. The van der Waals surface area contributed by atoms with Crippen LogP contribution in [0.2, 0.25) is 0 Å². The number of rotatable bonds is 2. The zero-order valence-corrected chi connectivity index (χ0v) is 8.29. The highest BCUT2D eigenvalue weighted by atomic mass is 16.5. The summed E-state index contributed by atoms with van der Waals surface area (Å²) in [6, 6.07) is 7.69. The smallest absolute Gasteiger partial charge is 0.122 e. The Morgan fingerprint density at radius 1 is 1.43 bits per heavy atom. The van der Waals surface area contributed by atoms with Gasteiger partial charge in [0.15, 0.2) is 0 Å². The predicted octanol–water partition coefficient (Wildman–Crippen LogP) is 2.80. The summed E-state index contributed by atoms with van der Waals surface area (Å²) in [5.74, 6) is 0.925. The lowest BCUT2D eigenvalue weighted by molar-refractivity contribution is 0.119. The molecule has 1 aliphatic carbocycles. The van der Waals surface area contributed by atoms with Gasteiger partial charge in [-0.05, 0) is 49.9 Å². The third-order valence-corrected chi connectivity index (χ3v) is 2.65. The Kier molecular flexibility index (Phi) is 2.41.